The number of fused-ring (bicyclic) bond motifs is 1. The van der Waals surface area contributed by atoms with Crippen molar-refractivity contribution >= 4 is 10.1 Å². The summed E-state index contributed by atoms with van der Waals surface area (Å²) in [7, 11) is -4.17. The van der Waals surface area contributed by atoms with Gasteiger partial charge in [0.25, 0.3) is 10.1 Å². The third-order valence-corrected chi connectivity index (χ3v) is 9.16. The minimum absolute atomic E-state index is 0.0875. The summed E-state index contributed by atoms with van der Waals surface area (Å²) in [6.07, 6.45) is 7.77. The maximum atomic E-state index is 11.7. The lowest BCUT2D eigenvalue weighted by Crippen LogP contribution is -2.64. The predicted molar refractivity (Wildman–Crippen MR) is 117 cm³/mol. The van der Waals surface area contributed by atoms with Crippen molar-refractivity contribution in [2.45, 2.75) is 69.1 Å². The number of phenolic OH excluding ortho intramolecular Hbond substituents is 1. The molecule has 5 rings (SSSR count). The molecule has 1 aromatic rings. The van der Waals surface area contributed by atoms with Crippen molar-refractivity contribution < 1.29 is 18.1 Å². The van der Waals surface area contributed by atoms with E-state index in [9.17, 15) is 18.1 Å². The van der Waals surface area contributed by atoms with Crippen LogP contribution in [0.25, 0.3) is 0 Å². The zero-order chi connectivity index (χ0) is 21.3. The SMILES string of the molecule is C=C1C[C@H](C)[C@H]2[C@H]3Cc4c(CS(=O)(=O)O)cc(O)cc4[C@@]2(CCN3CC2CCC2)C1. The lowest BCUT2D eigenvalue weighted by atomic mass is 9.48. The number of phenols is 1. The molecular weight excluding hydrogens is 398 g/mol. The Bertz CT molecular complexity index is 983. The second kappa shape index (κ2) is 7.07. The summed E-state index contributed by atoms with van der Waals surface area (Å²) >= 11 is 0. The van der Waals surface area contributed by atoms with Crippen LogP contribution in [0, 0.1) is 17.8 Å². The lowest BCUT2D eigenvalue weighted by Gasteiger charge is -2.62. The van der Waals surface area contributed by atoms with Crippen LogP contribution in [0.5, 0.6) is 5.75 Å². The quantitative estimate of drug-likeness (QED) is 0.555. The van der Waals surface area contributed by atoms with Crippen molar-refractivity contribution in [1.82, 2.24) is 4.90 Å². The van der Waals surface area contributed by atoms with E-state index in [1.54, 1.807) is 0 Å². The van der Waals surface area contributed by atoms with E-state index in [1.807, 2.05) is 6.07 Å². The average Bonchev–Trinajstić information content (AvgIpc) is 2.58. The van der Waals surface area contributed by atoms with Crippen LogP contribution in [0.3, 0.4) is 0 Å². The molecule has 2 bridgehead atoms. The van der Waals surface area contributed by atoms with E-state index >= 15 is 0 Å². The number of hydrogen-bond donors (Lipinski definition) is 2. The van der Waals surface area contributed by atoms with Gasteiger partial charge in [0.1, 0.15) is 11.5 Å². The monoisotopic (exact) mass is 431 g/mol. The molecular formula is C24H33NO4S. The molecule has 0 aromatic heterocycles. The Morgan fingerprint density at radius 1 is 1.27 bits per heavy atom. The molecule has 2 N–H and O–H groups in total. The van der Waals surface area contributed by atoms with Gasteiger partial charge >= 0.3 is 0 Å². The van der Waals surface area contributed by atoms with Gasteiger partial charge in [0.05, 0.1) is 0 Å². The largest absolute Gasteiger partial charge is 0.508 e. The maximum absolute atomic E-state index is 11.7. The Kier molecular flexibility index (Phi) is 4.84. The Morgan fingerprint density at radius 3 is 2.70 bits per heavy atom. The minimum atomic E-state index is -4.17. The molecule has 2 saturated carbocycles. The topological polar surface area (TPSA) is 77.8 Å². The first-order valence-corrected chi connectivity index (χ1v) is 13.0. The molecule has 3 fully saturated rings. The molecule has 1 saturated heterocycles. The Balaban J connectivity index is 1.64. The van der Waals surface area contributed by atoms with Gasteiger partial charge in [-0.15, -0.1) is 0 Å². The van der Waals surface area contributed by atoms with Crippen molar-refractivity contribution in [2.75, 3.05) is 13.1 Å². The number of benzene rings is 1. The molecule has 0 radical (unpaired) electrons. The summed E-state index contributed by atoms with van der Waals surface area (Å²) in [6.45, 7) is 8.90. The van der Waals surface area contributed by atoms with Crippen molar-refractivity contribution in [1.29, 1.82) is 0 Å². The number of aromatic hydroxyl groups is 1. The molecule has 6 heteroatoms. The molecule has 1 aliphatic heterocycles. The molecule has 164 valence electrons. The van der Waals surface area contributed by atoms with Crippen LogP contribution >= 0.6 is 0 Å². The molecule has 1 aromatic carbocycles. The van der Waals surface area contributed by atoms with Gasteiger partial charge in [-0.1, -0.05) is 25.5 Å². The van der Waals surface area contributed by atoms with Gasteiger partial charge < -0.3 is 5.11 Å². The van der Waals surface area contributed by atoms with Gasteiger partial charge in [0, 0.05) is 18.0 Å². The smallest absolute Gasteiger partial charge is 0.269 e. The van der Waals surface area contributed by atoms with Crippen LogP contribution in [-0.4, -0.2) is 42.1 Å². The number of allylic oxidation sites excluding steroid dienone is 1. The highest BCUT2D eigenvalue weighted by Crippen LogP contribution is 2.59. The van der Waals surface area contributed by atoms with Gasteiger partial charge in [-0.2, -0.15) is 8.42 Å². The van der Waals surface area contributed by atoms with Crippen LogP contribution in [0.1, 0.15) is 62.1 Å². The Morgan fingerprint density at radius 2 is 2.03 bits per heavy atom. The second-order valence-electron chi connectivity index (χ2n) is 10.5. The van der Waals surface area contributed by atoms with E-state index in [0.717, 1.165) is 55.8 Å². The summed E-state index contributed by atoms with van der Waals surface area (Å²) in [4.78, 5) is 2.68. The third kappa shape index (κ3) is 3.32. The van der Waals surface area contributed by atoms with E-state index < -0.39 is 15.9 Å². The van der Waals surface area contributed by atoms with Gasteiger partial charge in [-0.05, 0) is 91.6 Å². The van der Waals surface area contributed by atoms with E-state index in [4.69, 9.17) is 0 Å². The van der Waals surface area contributed by atoms with Crippen molar-refractivity contribution in [2.24, 2.45) is 17.8 Å². The normalized spacial score (nSPS) is 34.2. The average molecular weight is 432 g/mol. The zero-order valence-corrected chi connectivity index (χ0v) is 18.6. The van der Waals surface area contributed by atoms with E-state index in [1.165, 1.54) is 30.9 Å². The molecule has 5 nitrogen and oxygen atoms in total. The summed E-state index contributed by atoms with van der Waals surface area (Å²) in [6, 6.07) is 3.80. The van der Waals surface area contributed by atoms with Gasteiger partial charge in [0.15, 0.2) is 0 Å². The molecule has 1 heterocycles. The highest BCUT2D eigenvalue weighted by Gasteiger charge is 2.57. The van der Waals surface area contributed by atoms with Gasteiger partial charge in [-0.25, -0.2) is 0 Å². The molecule has 0 amide bonds. The molecule has 4 atom stereocenters. The maximum Gasteiger partial charge on any atom is 0.269 e. The fourth-order valence-electron chi connectivity index (χ4n) is 7.34. The number of hydrogen-bond acceptors (Lipinski definition) is 4. The standard InChI is InChI=1S/C24H33NO4S/c1-15-8-16(2)23-22-11-20-18(14-30(27,28)29)9-19(26)10-21(20)24(23,12-15)6-7-25(22)13-17-4-3-5-17/h9-10,16-17,22-23,26H,1,3-8,11-14H2,2H3,(H,27,28,29)/t16-,22+,23-,24+/m0/s1. The van der Waals surface area contributed by atoms with E-state index in [-0.39, 0.29) is 11.2 Å². The van der Waals surface area contributed by atoms with Crippen LogP contribution in [0.15, 0.2) is 24.3 Å². The van der Waals surface area contributed by atoms with Gasteiger partial charge in [-0.3, -0.25) is 9.45 Å². The lowest BCUT2D eigenvalue weighted by molar-refractivity contribution is -0.0378. The van der Waals surface area contributed by atoms with Crippen molar-refractivity contribution in [3.63, 3.8) is 0 Å². The predicted octanol–water partition coefficient (Wildman–Crippen LogP) is 4.05. The minimum Gasteiger partial charge on any atom is -0.508 e. The first-order chi connectivity index (χ1) is 14.2. The fourth-order valence-corrected chi connectivity index (χ4v) is 7.99. The number of likely N-dealkylation sites (tertiary alicyclic amines) is 1. The van der Waals surface area contributed by atoms with Crippen LogP contribution in [-0.2, 0) is 27.7 Å². The van der Waals surface area contributed by atoms with Crippen LogP contribution < -0.4 is 0 Å². The van der Waals surface area contributed by atoms with E-state index in [2.05, 4.69) is 18.4 Å². The summed E-state index contributed by atoms with van der Waals surface area (Å²) < 4.78 is 33.0. The number of piperidine rings is 1. The summed E-state index contributed by atoms with van der Waals surface area (Å²) in [5.74, 6) is 1.46. The fraction of sp³-hybridized carbons (Fsp3) is 0.667. The summed E-state index contributed by atoms with van der Waals surface area (Å²) in [5, 5.41) is 10.5. The van der Waals surface area contributed by atoms with Gasteiger partial charge in [0.2, 0.25) is 0 Å². The van der Waals surface area contributed by atoms with E-state index in [0.29, 0.717) is 23.4 Å². The molecule has 4 aliphatic rings. The number of nitrogens with zero attached hydrogens (tertiary/aromatic N) is 1. The Hall–Kier alpha value is -1.37. The first kappa shape index (κ1) is 20.5. The highest BCUT2D eigenvalue weighted by atomic mass is 32.2. The second-order valence-corrected chi connectivity index (χ2v) is 11.9. The van der Waals surface area contributed by atoms with Crippen molar-refractivity contribution in [3.05, 3.63) is 41.0 Å². The summed E-state index contributed by atoms with van der Waals surface area (Å²) in [5.41, 5.74) is 3.88. The molecule has 3 aliphatic carbocycles. The zero-order valence-electron chi connectivity index (χ0n) is 17.8. The Labute approximate surface area is 179 Å². The van der Waals surface area contributed by atoms with Crippen molar-refractivity contribution in [3.8, 4) is 5.75 Å². The van der Waals surface area contributed by atoms with Crippen LogP contribution in [0.4, 0.5) is 0 Å². The highest BCUT2D eigenvalue weighted by molar-refractivity contribution is 7.85. The molecule has 0 unspecified atom stereocenters. The van der Waals surface area contributed by atoms with Crippen LogP contribution in [0.2, 0.25) is 0 Å². The molecule has 0 spiro atoms. The number of rotatable bonds is 4. The first-order valence-electron chi connectivity index (χ1n) is 11.4. The third-order valence-electron chi connectivity index (χ3n) is 8.49. The molecule has 30 heavy (non-hydrogen) atoms.